The minimum absolute atomic E-state index is 0.0319. The van der Waals surface area contributed by atoms with E-state index >= 15 is 0 Å². The van der Waals surface area contributed by atoms with Gasteiger partial charge in [0, 0.05) is 16.7 Å². The van der Waals surface area contributed by atoms with Crippen LogP contribution in [0, 0.1) is 0 Å². The minimum Gasteiger partial charge on any atom is -0.477 e. The van der Waals surface area contributed by atoms with Gasteiger partial charge in [0.2, 0.25) is 0 Å². The van der Waals surface area contributed by atoms with E-state index in [0.29, 0.717) is 0 Å². The van der Waals surface area contributed by atoms with E-state index in [4.69, 9.17) is 16.7 Å². The van der Waals surface area contributed by atoms with Crippen molar-refractivity contribution >= 4 is 57.8 Å². The molecule has 0 aliphatic carbocycles. The van der Waals surface area contributed by atoms with Gasteiger partial charge in [0.25, 0.3) is 11.8 Å². The number of carbonyl (C=O) groups is 4. The Labute approximate surface area is 170 Å². The van der Waals surface area contributed by atoms with E-state index in [1.165, 1.54) is 17.1 Å². The van der Waals surface area contributed by atoms with E-state index in [0.717, 1.165) is 16.2 Å². The van der Waals surface area contributed by atoms with E-state index < -0.39 is 41.0 Å². The fraction of sp³-hybridized carbons (Fsp3) is 0.286. The topological polar surface area (TPSA) is 211 Å². The second kappa shape index (κ2) is 7.96. The lowest BCUT2D eigenvalue weighted by Crippen LogP contribution is -2.71. The van der Waals surface area contributed by atoms with Gasteiger partial charge in [-0.1, -0.05) is 5.16 Å². The molecule has 7 N–H and O–H groups in total. The molecule has 1 aromatic heterocycles. The summed E-state index contributed by atoms with van der Waals surface area (Å²) in [5.74, 6) is -2.80. The van der Waals surface area contributed by atoms with E-state index in [-0.39, 0.29) is 34.5 Å². The Morgan fingerprint density at radius 2 is 2.17 bits per heavy atom. The molecule has 2 atom stereocenters. The van der Waals surface area contributed by atoms with Crippen LogP contribution >= 0.6 is 23.1 Å². The molecular formula is C14H14N6O7S2. The maximum absolute atomic E-state index is 12.5. The van der Waals surface area contributed by atoms with Gasteiger partial charge in [-0.15, -0.1) is 23.1 Å². The number of nitrogens with two attached hydrogens (primary N) is 2. The normalized spacial score (nSPS) is 21.3. The maximum atomic E-state index is 12.5. The number of aromatic nitrogens is 1. The molecule has 2 aliphatic rings. The number of hydrogen-bond donors (Lipinski definition) is 5. The van der Waals surface area contributed by atoms with Crippen molar-refractivity contribution in [2.45, 2.75) is 11.4 Å². The Morgan fingerprint density at radius 3 is 2.72 bits per heavy atom. The summed E-state index contributed by atoms with van der Waals surface area (Å²) in [5.41, 5.74) is 9.86. The molecule has 3 rings (SSSR count). The molecule has 0 bridgehead atoms. The van der Waals surface area contributed by atoms with Crippen LogP contribution in [0.15, 0.2) is 21.8 Å². The zero-order chi connectivity index (χ0) is 21.3. The van der Waals surface area contributed by atoms with Crippen molar-refractivity contribution in [3.8, 4) is 0 Å². The monoisotopic (exact) mass is 442 g/mol. The summed E-state index contributed by atoms with van der Waals surface area (Å²) in [6.07, 6.45) is -1.08. The number of thioether (sulfide) groups is 1. The van der Waals surface area contributed by atoms with Crippen molar-refractivity contribution in [3.05, 3.63) is 22.3 Å². The van der Waals surface area contributed by atoms with E-state index in [1.807, 2.05) is 0 Å². The van der Waals surface area contributed by atoms with Gasteiger partial charge in [-0.3, -0.25) is 14.5 Å². The van der Waals surface area contributed by atoms with Gasteiger partial charge in [0.05, 0.1) is 0 Å². The van der Waals surface area contributed by atoms with Crippen molar-refractivity contribution in [2.24, 2.45) is 10.9 Å². The number of fused-ring (bicyclic) bond motifs is 1. The molecule has 1 aromatic rings. The largest absolute Gasteiger partial charge is 0.477 e. The number of carboxylic acids is 1. The number of ether oxygens (including phenoxy) is 1. The summed E-state index contributed by atoms with van der Waals surface area (Å²) in [4.78, 5) is 52.2. The van der Waals surface area contributed by atoms with Crippen molar-refractivity contribution in [1.82, 2.24) is 15.2 Å². The van der Waals surface area contributed by atoms with Crippen LogP contribution in [-0.2, 0) is 19.1 Å². The van der Waals surface area contributed by atoms with Crippen LogP contribution in [0.3, 0.4) is 0 Å². The van der Waals surface area contributed by atoms with Crippen molar-refractivity contribution < 1.29 is 34.2 Å². The highest BCUT2D eigenvalue weighted by molar-refractivity contribution is 8.00. The Morgan fingerprint density at radius 1 is 1.45 bits per heavy atom. The number of carbonyl (C=O) groups excluding carboxylic acids is 3. The molecule has 1 saturated heterocycles. The number of nitrogen functional groups attached to an aromatic ring is 1. The van der Waals surface area contributed by atoms with E-state index in [2.05, 4.69) is 20.2 Å². The summed E-state index contributed by atoms with van der Waals surface area (Å²) in [7, 11) is 0. The Kier molecular flexibility index (Phi) is 5.60. The average Bonchev–Trinajstić information content (AvgIpc) is 3.09. The molecule has 0 radical (unpaired) electrons. The second-order valence-corrected chi connectivity index (χ2v) is 7.74. The summed E-state index contributed by atoms with van der Waals surface area (Å²) >= 11 is 2.20. The lowest BCUT2D eigenvalue weighted by atomic mass is 10.0. The van der Waals surface area contributed by atoms with Crippen LogP contribution in [0.4, 0.5) is 9.93 Å². The number of thiazole rings is 1. The van der Waals surface area contributed by atoms with Crippen molar-refractivity contribution in [3.63, 3.8) is 0 Å². The third-order valence-electron chi connectivity index (χ3n) is 4.00. The number of hydrogen-bond acceptors (Lipinski definition) is 11. The zero-order valence-electron chi connectivity index (χ0n) is 14.4. The molecule has 13 nitrogen and oxygen atoms in total. The van der Waals surface area contributed by atoms with Gasteiger partial charge in [-0.2, -0.15) is 0 Å². The molecule has 0 aromatic carbocycles. The number of nitrogens with zero attached hydrogens (tertiary/aromatic N) is 3. The van der Waals surface area contributed by atoms with Gasteiger partial charge < -0.3 is 31.8 Å². The number of amides is 3. The minimum atomic E-state index is -1.38. The molecule has 154 valence electrons. The summed E-state index contributed by atoms with van der Waals surface area (Å²) in [5, 5.41) is 24.8. The number of primary amides is 1. The molecule has 29 heavy (non-hydrogen) atoms. The lowest BCUT2D eigenvalue weighted by molar-refractivity contribution is -0.150. The van der Waals surface area contributed by atoms with Crippen LogP contribution < -0.4 is 16.8 Å². The smallest absolute Gasteiger partial charge is 0.404 e. The first-order valence-electron chi connectivity index (χ1n) is 7.81. The number of carboxylic acid groups (broad SMARTS) is 1. The molecule has 15 heteroatoms. The number of oxime groups is 1. The van der Waals surface area contributed by atoms with Gasteiger partial charge in [0.1, 0.15) is 29.4 Å². The quantitative estimate of drug-likeness (QED) is 0.153. The fourth-order valence-corrected chi connectivity index (χ4v) is 4.65. The lowest BCUT2D eigenvalue weighted by Gasteiger charge is -2.49. The second-order valence-electron chi connectivity index (χ2n) is 5.75. The van der Waals surface area contributed by atoms with Crippen molar-refractivity contribution in [2.75, 3.05) is 18.1 Å². The fourth-order valence-electron chi connectivity index (χ4n) is 2.77. The summed E-state index contributed by atoms with van der Waals surface area (Å²) < 4.78 is 4.63. The van der Waals surface area contributed by atoms with Crippen LogP contribution in [0.2, 0.25) is 0 Å². The third kappa shape index (κ3) is 3.81. The first-order valence-corrected chi connectivity index (χ1v) is 9.74. The number of β-lactam (4-membered cyclic amide) rings is 1. The molecular weight excluding hydrogens is 428 g/mol. The van der Waals surface area contributed by atoms with Crippen LogP contribution in [0.5, 0.6) is 0 Å². The molecule has 0 spiro atoms. The Balaban J connectivity index is 1.76. The Hall–Kier alpha value is -3.33. The molecule has 3 heterocycles. The summed E-state index contributed by atoms with van der Waals surface area (Å²) in [6.45, 7) is -0.371. The maximum Gasteiger partial charge on any atom is 0.404 e. The summed E-state index contributed by atoms with van der Waals surface area (Å²) in [6, 6.07) is -1.05. The highest BCUT2D eigenvalue weighted by Gasteiger charge is 2.54. The molecule has 1 unspecified atom stereocenters. The van der Waals surface area contributed by atoms with E-state index in [1.54, 1.807) is 0 Å². The molecule has 2 aliphatic heterocycles. The van der Waals surface area contributed by atoms with Crippen LogP contribution in [0.1, 0.15) is 5.69 Å². The number of aliphatic carboxylic acids is 1. The predicted octanol–water partition coefficient (Wildman–Crippen LogP) is -1.26. The average molecular weight is 442 g/mol. The molecule has 3 amide bonds. The van der Waals surface area contributed by atoms with Crippen LogP contribution in [-0.4, -0.2) is 73.6 Å². The number of rotatable bonds is 6. The van der Waals surface area contributed by atoms with Gasteiger partial charge in [-0.05, 0) is 0 Å². The first-order chi connectivity index (χ1) is 13.7. The van der Waals surface area contributed by atoms with Gasteiger partial charge >= 0.3 is 12.1 Å². The SMILES string of the molecule is NC(=O)OCC1=C(C(=O)O)N2C(=O)C(NC(=O)/C(=N\O)c3csc(N)n3)[C@H]2SC1. The van der Waals surface area contributed by atoms with E-state index in [9.17, 15) is 24.3 Å². The highest BCUT2D eigenvalue weighted by atomic mass is 32.2. The predicted molar refractivity (Wildman–Crippen MR) is 100 cm³/mol. The van der Waals surface area contributed by atoms with Crippen LogP contribution in [0.25, 0.3) is 0 Å². The molecule has 1 fully saturated rings. The zero-order valence-corrected chi connectivity index (χ0v) is 16.0. The number of anilines is 1. The molecule has 0 saturated carbocycles. The Bertz CT molecular complexity index is 958. The third-order valence-corrected chi connectivity index (χ3v) is 6.02. The standard InChI is InChI=1S/C14H14N6O7S2/c15-13-17-5(3-29-13)6(19-26)9(21)18-7-10(22)20-8(12(23)24)4(1-27-14(16)25)2-28-11(7)20/h3,7,11,26H,1-2H2,(H2,15,17)(H2,16,25)(H,18,21)(H,23,24)/b19-6-/t7?,11-/m1/s1. The number of nitrogens with one attached hydrogen (secondary N) is 1. The van der Waals surface area contributed by atoms with Gasteiger partial charge in [0.15, 0.2) is 10.8 Å². The first kappa shape index (κ1) is 20.4. The van der Waals surface area contributed by atoms with Crippen molar-refractivity contribution in [1.29, 1.82) is 0 Å². The van der Waals surface area contributed by atoms with Gasteiger partial charge in [-0.25, -0.2) is 14.6 Å². The highest BCUT2D eigenvalue weighted by Crippen LogP contribution is 2.40.